The molecule has 88 valence electrons. The van der Waals surface area contributed by atoms with Crippen molar-refractivity contribution in [3.05, 3.63) is 24.5 Å². The molecule has 1 amide bonds. The van der Waals surface area contributed by atoms with Crippen LogP contribution in [0, 0.1) is 0 Å². The van der Waals surface area contributed by atoms with Crippen molar-refractivity contribution in [2.45, 2.75) is 24.3 Å². The number of nitrogens with zero attached hydrogens (tertiary/aromatic N) is 1. The van der Waals surface area contributed by atoms with Gasteiger partial charge in [-0.25, -0.2) is 0 Å². The first-order chi connectivity index (χ1) is 7.68. The zero-order valence-corrected chi connectivity index (χ0v) is 10.2. The van der Waals surface area contributed by atoms with Crippen LogP contribution in [0.1, 0.15) is 13.3 Å². The minimum atomic E-state index is 0.0439. The highest BCUT2D eigenvalue weighted by atomic mass is 32.2. The summed E-state index contributed by atoms with van der Waals surface area (Å²) in [5.41, 5.74) is 5.58. The van der Waals surface area contributed by atoms with Crippen LogP contribution in [0.2, 0.25) is 0 Å². The molecule has 0 saturated carbocycles. The van der Waals surface area contributed by atoms with Crippen molar-refractivity contribution in [3.8, 4) is 0 Å². The first kappa shape index (κ1) is 13.0. The van der Waals surface area contributed by atoms with E-state index in [1.165, 1.54) is 11.8 Å². The van der Waals surface area contributed by atoms with Crippen molar-refractivity contribution < 1.29 is 4.79 Å². The van der Waals surface area contributed by atoms with Gasteiger partial charge in [-0.05, 0) is 25.5 Å². The Kier molecular flexibility index (Phi) is 5.88. The molecule has 4 nitrogen and oxygen atoms in total. The fourth-order valence-electron chi connectivity index (χ4n) is 1.07. The van der Waals surface area contributed by atoms with E-state index in [9.17, 15) is 4.79 Å². The Bertz CT molecular complexity index is 316. The van der Waals surface area contributed by atoms with Gasteiger partial charge < -0.3 is 11.1 Å². The van der Waals surface area contributed by atoms with Gasteiger partial charge in [0, 0.05) is 29.9 Å². The molecule has 0 aliphatic heterocycles. The minimum Gasteiger partial charge on any atom is -0.355 e. The number of amides is 1. The maximum atomic E-state index is 11.4. The molecule has 5 heteroatoms. The number of nitrogens with one attached hydrogen (secondary N) is 1. The number of carbonyl (C=O) groups excluding carboxylic acids is 1. The lowest BCUT2D eigenvalue weighted by molar-refractivity contribution is -0.118. The molecule has 1 rings (SSSR count). The third-order valence-electron chi connectivity index (χ3n) is 1.94. The van der Waals surface area contributed by atoms with Gasteiger partial charge in [-0.1, -0.05) is 0 Å². The normalized spacial score (nSPS) is 12.1. The summed E-state index contributed by atoms with van der Waals surface area (Å²) in [5.74, 6) is 0.477. The number of carbonyl (C=O) groups is 1. The maximum Gasteiger partial charge on any atom is 0.230 e. The second kappa shape index (κ2) is 7.24. The van der Waals surface area contributed by atoms with Gasteiger partial charge in [0.1, 0.15) is 0 Å². The van der Waals surface area contributed by atoms with Gasteiger partial charge in [-0.15, -0.1) is 11.8 Å². The highest BCUT2D eigenvalue weighted by Gasteiger charge is 2.02. The summed E-state index contributed by atoms with van der Waals surface area (Å²) in [6.45, 7) is 2.57. The predicted molar refractivity (Wildman–Crippen MR) is 66.2 cm³/mol. The Labute approximate surface area is 100 Å². The van der Waals surface area contributed by atoms with E-state index in [1.54, 1.807) is 12.4 Å². The zero-order valence-electron chi connectivity index (χ0n) is 9.35. The first-order valence-corrected chi connectivity index (χ1v) is 6.22. The third kappa shape index (κ3) is 5.72. The van der Waals surface area contributed by atoms with Crippen LogP contribution < -0.4 is 11.1 Å². The van der Waals surface area contributed by atoms with Gasteiger partial charge in [0.15, 0.2) is 0 Å². The average Bonchev–Trinajstić information content (AvgIpc) is 2.27. The van der Waals surface area contributed by atoms with Crippen LogP contribution in [0.3, 0.4) is 0 Å². The third-order valence-corrected chi connectivity index (χ3v) is 2.95. The molecule has 0 aliphatic carbocycles. The summed E-state index contributed by atoms with van der Waals surface area (Å²) in [4.78, 5) is 16.4. The van der Waals surface area contributed by atoms with Gasteiger partial charge in [-0.2, -0.15) is 0 Å². The van der Waals surface area contributed by atoms with Crippen LogP contribution >= 0.6 is 11.8 Å². The molecule has 1 aromatic rings. The van der Waals surface area contributed by atoms with E-state index < -0.39 is 0 Å². The highest BCUT2D eigenvalue weighted by molar-refractivity contribution is 8.00. The van der Waals surface area contributed by atoms with Crippen molar-refractivity contribution >= 4 is 17.7 Å². The maximum absolute atomic E-state index is 11.4. The van der Waals surface area contributed by atoms with E-state index in [4.69, 9.17) is 5.73 Å². The van der Waals surface area contributed by atoms with Crippen LogP contribution in [0.25, 0.3) is 0 Å². The minimum absolute atomic E-state index is 0.0439. The number of hydrogen-bond donors (Lipinski definition) is 2. The van der Waals surface area contributed by atoms with E-state index in [2.05, 4.69) is 10.3 Å². The zero-order chi connectivity index (χ0) is 11.8. The molecular formula is C11H17N3OS. The molecule has 0 fully saturated rings. The Morgan fingerprint density at radius 3 is 2.88 bits per heavy atom. The number of hydrogen-bond acceptors (Lipinski definition) is 4. The number of aromatic nitrogens is 1. The van der Waals surface area contributed by atoms with Crippen molar-refractivity contribution in [1.82, 2.24) is 10.3 Å². The summed E-state index contributed by atoms with van der Waals surface area (Å²) in [6.07, 6.45) is 4.25. The summed E-state index contributed by atoms with van der Waals surface area (Å²) in [7, 11) is 0. The van der Waals surface area contributed by atoms with Crippen LogP contribution in [-0.4, -0.2) is 29.2 Å². The van der Waals surface area contributed by atoms with Gasteiger partial charge in [0.25, 0.3) is 0 Å². The van der Waals surface area contributed by atoms with Gasteiger partial charge in [0.05, 0.1) is 5.75 Å². The van der Waals surface area contributed by atoms with Crippen LogP contribution in [0.5, 0.6) is 0 Å². The number of thioether (sulfide) groups is 1. The van der Waals surface area contributed by atoms with E-state index in [0.717, 1.165) is 11.3 Å². The van der Waals surface area contributed by atoms with E-state index in [1.807, 2.05) is 19.1 Å². The topological polar surface area (TPSA) is 68.0 Å². The largest absolute Gasteiger partial charge is 0.355 e. The molecule has 1 unspecified atom stereocenters. The second-order valence-electron chi connectivity index (χ2n) is 3.59. The number of rotatable bonds is 6. The smallest absolute Gasteiger partial charge is 0.230 e. The lowest BCUT2D eigenvalue weighted by atomic mass is 10.2. The molecule has 1 atom stereocenters. The first-order valence-electron chi connectivity index (χ1n) is 5.23. The molecular weight excluding hydrogens is 222 g/mol. The second-order valence-corrected chi connectivity index (χ2v) is 4.64. The standard InChI is InChI=1S/C11H17N3OS/c1-9(12)2-7-14-11(15)8-16-10-3-5-13-6-4-10/h3-6,9H,2,7-8,12H2,1H3,(H,14,15). The number of nitrogens with two attached hydrogens (primary N) is 1. The summed E-state index contributed by atoms with van der Waals surface area (Å²) in [6, 6.07) is 3.91. The number of pyridine rings is 1. The molecule has 0 spiro atoms. The van der Waals surface area contributed by atoms with Crippen molar-refractivity contribution in [2.24, 2.45) is 5.73 Å². The highest BCUT2D eigenvalue weighted by Crippen LogP contribution is 2.15. The molecule has 0 radical (unpaired) electrons. The molecule has 0 aliphatic rings. The molecule has 1 aromatic heterocycles. The summed E-state index contributed by atoms with van der Waals surface area (Å²) in [5, 5.41) is 2.83. The molecule has 0 aromatic carbocycles. The fraction of sp³-hybridized carbons (Fsp3) is 0.455. The molecule has 16 heavy (non-hydrogen) atoms. The Balaban J connectivity index is 2.16. The molecule has 3 N–H and O–H groups in total. The SMILES string of the molecule is CC(N)CCNC(=O)CSc1ccncc1. The van der Waals surface area contributed by atoms with Crippen molar-refractivity contribution in [1.29, 1.82) is 0 Å². The average molecular weight is 239 g/mol. The van der Waals surface area contributed by atoms with E-state index in [-0.39, 0.29) is 11.9 Å². The van der Waals surface area contributed by atoms with Gasteiger partial charge in [-0.3, -0.25) is 9.78 Å². The van der Waals surface area contributed by atoms with E-state index in [0.29, 0.717) is 12.3 Å². The van der Waals surface area contributed by atoms with Crippen LogP contribution in [0.15, 0.2) is 29.4 Å². The lowest BCUT2D eigenvalue weighted by Crippen LogP contribution is -2.30. The lowest BCUT2D eigenvalue weighted by Gasteiger charge is -2.06. The van der Waals surface area contributed by atoms with Gasteiger partial charge >= 0.3 is 0 Å². The quantitative estimate of drug-likeness (QED) is 0.727. The Hall–Kier alpha value is -1.07. The molecule has 0 bridgehead atoms. The van der Waals surface area contributed by atoms with Crippen molar-refractivity contribution in [2.75, 3.05) is 12.3 Å². The van der Waals surface area contributed by atoms with Crippen LogP contribution in [0.4, 0.5) is 0 Å². The van der Waals surface area contributed by atoms with Crippen LogP contribution in [-0.2, 0) is 4.79 Å². The summed E-state index contributed by atoms with van der Waals surface area (Å²) < 4.78 is 0. The van der Waals surface area contributed by atoms with E-state index >= 15 is 0 Å². The fourth-order valence-corrected chi connectivity index (χ4v) is 1.79. The van der Waals surface area contributed by atoms with Crippen molar-refractivity contribution in [3.63, 3.8) is 0 Å². The Morgan fingerprint density at radius 2 is 2.25 bits per heavy atom. The van der Waals surface area contributed by atoms with Gasteiger partial charge in [0.2, 0.25) is 5.91 Å². The molecule has 0 saturated heterocycles. The molecule has 1 heterocycles. The Morgan fingerprint density at radius 1 is 1.56 bits per heavy atom. The summed E-state index contributed by atoms with van der Waals surface area (Å²) >= 11 is 1.50. The monoisotopic (exact) mass is 239 g/mol. The predicted octanol–water partition coefficient (Wildman–Crippen LogP) is 1.03.